The Morgan fingerprint density at radius 3 is 2.89 bits per heavy atom. The van der Waals surface area contributed by atoms with E-state index < -0.39 is 0 Å². The van der Waals surface area contributed by atoms with Gasteiger partial charge in [0.2, 0.25) is 0 Å². The molecule has 0 amide bonds. The zero-order chi connectivity index (χ0) is 12.7. The van der Waals surface area contributed by atoms with Gasteiger partial charge >= 0.3 is 0 Å². The molecule has 1 aromatic carbocycles. The van der Waals surface area contributed by atoms with Gasteiger partial charge in [0.25, 0.3) is 0 Å². The van der Waals surface area contributed by atoms with Crippen LogP contribution in [-0.4, -0.2) is 28.8 Å². The molecule has 2 saturated heterocycles. The van der Waals surface area contributed by atoms with Crippen LogP contribution in [0.4, 0.5) is 5.69 Å². The van der Waals surface area contributed by atoms with Crippen LogP contribution in [0.5, 0.6) is 0 Å². The first-order chi connectivity index (χ1) is 9.37. The van der Waals surface area contributed by atoms with Gasteiger partial charge in [-0.25, -0.2) is 0 Å². The van der Waals surface area contributed by atoms with Crippen LogP contribution in [0.2, 0.25) is 0 Å². The summed E-state index contributed by atoms with van der Waals surface area (Å²) in [5.41, 5.74) is 2.31. The van der Waals surface area contributed by atoms with Crippen molar-refractivity contribution in [2.24, 2.45) is 5.92 Å². The van der Waals surface area contributed by atoms with Crippen LogP contribution < -0.4 is 10.6 Å². The van der Waals surface area contributed by atoms with Crippen molar-refractivity contribution in [2.75, 3.05) is 11.9 Å². The second kappa shape index (κ2) is 4.53. The fraction of sp³-hybridized carbons (Fsp3) is 0.533. The van der Waals surface area contributed by atoms with Crippen LogP contribution in [0.3, 0.4) is 0 Å². The molecule has 0 saturated carbocycles. The Bertz CT molecular complexity index is 564. The number of hydrogen-bond donors (Lipinski definition) is 3. The predicted molar refractivity (Wildman–Crippen MR) is 77.3 cm³/mol. The molecule has 2 bridgehead atoms. The average molecular weight is 256 g/mol. The minimum Gasteiger partial charge on any atom is -0.385 e. The highest BCUT2D eigenvalue weighted by Crippen LogP contribution is 2.31. The lowest BCUT2D eigenvalue weighted by Crippen LogP contribution is -2.40. The van der Waals surface area contributed by atoms with E-state index in [0.29, 0.717) is 0 Å². The maximum absolute atomic E-state index is 4.06. The molecule has 19 heavy (non-hydrogen) atoms. The van der Waals surface area contributed by atoms with Gasteiger partial charge in [-0.1, -0.05) is 0 Å². The van der Waals surface area contributed by atoms with E-state index in [1.54, 1.807) is 0 Å². The first-order valence-corrected chi connectivity index (χ1v) is 7.30. The summed E-state index contributed by atoms with van der Waals surface area (Å²) < 4.78 is 0. The molecule has 3 heterocycles. The third kappa shape index (κ3) is 2.21. The predicted octanol–water partition coefficient (Wildman–Crippen LogP) is 2.51. The SMILES string of the molecule is c1cc2[nH]ncc2cc1NCC1CC2CCC(C1)N2. The molecule has 2 unspecified atom stereocenters. The molecule has 0 spiro atoms. The van der Waals surface area contributed by atoms with Crippen molar-refractivity contribution in [1.29, 1.82) is 0 Å². The van der Waals surface area contributed by atoms with E-state index >= 15 is 0 Å². The monoisotopic (exact) mass is 256 g/mol. The number of rotatable bonds is 3. The Morgan fingerprint density at radius 2 is 2.05 bits per heavy atom. The van der Waals surface area contributed by atoms with Gasteiger partial charge in [-0.3, -0.25) is 5.10 Å². The van der Waals surface area contributed by atoms with E-state index in [1.165, 1.54) is 36.8 Å². The smallest absolute Gasteiger partial charge is 0.0651 e. The molecule has 4 nitrogen and oxygen atoms in total. The van der Waals surface area contributed by atoms with Gasteiger partial charge < -0.3 is 10.6 Å². The van der Waals surface area contributed by atoms with Crippen molar-refractivity contribution >= 4 is 16.6 Å². The maximum atomic E-state index is 4.06. The van der Waals surface area contributed by atoms with Crippen LogP contribution >= 0.6 is 0 Å². The number of aromatic nitrogens is 2. The van der Waals surface area contributed by atoms with Crippen molar-refractivity contribution in [1.82, 2.24) is 15.5 Å². The van der Waals surface area contributed by atoms with Crippen molar-refractivity contribution in [3.05, 3.63) is 24.4 Å². The van der Waals surface area contributed by atoms with Crippen molar-refractivity contribution < 1.29 is 0 Å². The number of aromatic amines is 1. The molecule has 2 atom stereocenters. The maximum Gasteiger partial charge on any atom is 0.0651 e. The minimum atomic E-state index is 0.780. The molecule has 2 aliphatic heterocycles. The number of H-pyrrole nitrogens is 1. The summed E-state index contributed by atoms with van der Waals surface area (Å²) in [6.45, 7) is 1.10. The third-order valence-corrected chi connectivity index (χ3v) is 4.61. The lowest BCUT2D eigenvalue weighted by Gasteiger charge is -2.29. The Hall–Kier alpha value is -1.55. The highest BCUT2D eigenvalue weighted by molar-refractivity contribution is 5.81. The van der Waals surface area contributed by atoms with Crippen molar-refractivity contribution in [3.8, 4) is 0 Å². The molecule has 2 aliphatic rings. The Morgan fingerprint density at radius 1 is 1.21 bits per heavy atom. The average Bonchev–Trinajstić information content (AvgIpc) is 3.02. The van der Waals surface area contributed by atoms with Gasteiger partial charge in [-0.05, 0) is 49.8 Å². The molecule has 4 rings (SSSR count). The highest BCUT2D eigenvalue weighted by atomic mass is 15.1. The molecular formula is C15H20N4. The van der Waals surface area contributed by atoms with E-state index in [-0.39, 0.29) is 0 Å². The normalized spacial score (nSPS) is 29.8. The summed E-state index contributed by atoms with van der Waals surface area (Å²) in [6, 6.07) is 7.96. The molecule has 2 aromatic rings. The number of nitrogens with zero attached hydrogens (tertiary/aromatic N) is 1. The largest absolute Gasteiger partial charge is 0.385 e. The first-order valence-electron chi connectivity index (χ1n) is 7.30. The molecule has 100 valence electrons. The fourth-order valence-electron chi connectivity index (χ4n) is 3.66. The highest BCUT2D eigenvalue weighted by Gasteiger charge is 2.32. The summed E-state index contributed by atoms with van der Waals surface area (Å²) in [6.07, 6.45) is 7.30. The summed E-state index contributed by atoms with van der Waals surface area (Å²) >= 11 is 0. The van der Waals surface area contributed by atoms with E-state index in [2.05, 4.69) is 39.0 Å². The van der Waals surface area contributed by atoms with Crippen molar-refractivity contribution in [3.63, 3.8) is 0 Å². The van der Waals surface area contributed by atoms with Crippen LogP contribution in [0, 0.1) is 5.92 Å². The van der Waals surface area contributed by atoms with E-state index in [0.717, 1.165) is 30.1 Å². The van der Waals surface area contributed by atoms with Crippen LogP contribution in [-0.2, 0) is 0 Å². The topological polar surface area (TPSA) is 52.7 Å². The third-order valence-electron chi connectivity index (χ3n) is 4.61. The number of anilines is 1. The summed E-state index contributed by atoms with van der Waals surface area (Å²) in [4.78, 5) is 0. The molecule has 2 fully saturated rings. The van der Waals surface area contributed by atoms with Gasteiger partial charge in [-0.15, -0.1) is 0 Å². The van der Waals surface area contributed by atoms with Crippen LogP contribution in [0.1, 0.15) is 25.7 Å². The molecule has 0 aliphatic carbocycles. The molecule has 4 heteroatoms. The minimum absolute atomic E-state index is 0.780. The molecular weight excluding hydrogens is 236 g/mol. The second-order valence-electron chi connectivity index (χ2n) is 6.03. The molecule has 0 radical (unpaired) electrons. The fourth-order valence-corrected chi connectivity index (χ4v) is 3.66. The van der Waals surface area contributed by atoms with Crippen molar-refractivity contribution in [2.45, 2.75) is 37.8 Å². The summed E-state index contributed by atoms with van der Waals surface area (Å²) in [7, 11) is 0. The van der Waals surface area contributed by atoms with Crippen LogP contribution in [0.15, 0.2) is 24.4 Å². The van der Waals surface area contributed by atoms with E-state index in [9.17, 15) is 0 Å². The number of hydrogen-bond acceptors (Lipinski definition) is 3. The van der Waals surface area contributed by atoms with E-state index in [1.807, 2.05) is 6.20 Å². The number of piperidine rings is 1. The lowest BCUT2D eigenvalue weighted by molar-refractivity contribution is 0.311. The second-order valence-corrected chi connectivity index (χ2v) is 6.03. The molecule has 1 aromatic heterocycles. The van der Waals surface area contributed by atoms with Gasteiger partial charge in [0.15, 0.2) is 0 Å². The van der Waals surface area contributed by atoms with Gasteiger partial charge in [0.1, 0.15) is 0 Å². The van der Waals surface area contributed by atoms with Crippen LogP contribution in [0.25, 0.3) is 10.9 Å². The Balaban J connectivity index is 1.41. The zero-order valence-corrected chi connectivity index (χ0v) is 11.0. The molecule has 3 N–H and O–H groups in total. The Kier molecular flexibility index (Phi) is 2.69. The zero-order valence-electron chi connectivity index (χ0n) is 11.0. The lowest BCUT2D eigenvalue weighted by atomic mass is 9.92. The van der Waals surface area contributed by atoms with Gasteiger partial charge in [-0.2, -0.15) is 5.10 Å². The van der Waals surface area contributed by atoms with Gasteiger partial charge in [0, 0.05) is 29.7 Å². The summed E-state index contributed by atoms with van der Waals surface area (Å²) in [5.74, 6) is 0.818. The van der Waals surface area contributed by atoms with Gasteiger partial charge in [0.05, 0.1) is 11.7 Å². The number of nitrogens with one attached hydrogen (secondary N) is 3. The number of benzene rings is 1. The first kappa shape index (κ1) is 11.3. The standard InChI is InChI=1S/C15H20N4/c1-2-14-6-10(5-13(1)18-14)8-16-12-3-4-15-11(7-12)9-17-19-15/h3-4,7,9-10,13-14,16,18H,1-2,5-6,8H2,(H,17,19). The van der Waals surface area contributed by atoms with E-state index in [4.69, 9.17) is 0 Å². The Labute approximate surface area is 113 Å². The quantitative estimate of drug-likeness (QED) is 0.791. The summed E-state index contributed by atoms with van der Waals surface area (Å²) in [5, 5.41) is 15.5. The number of fused-ring (bicyclic) bond motifs is 3.